The second kappa shape index (κ2) is 9.02. The maximum Gasteiger partial charge on any atom is 0.220 e. The van der Waals surface area contributed by atoms with E-state index in [0.717, 1.165) is 31.2 Å². The quantitative estimate of drug-likeness (QED) is 0.660. The molecule has 126 valence electrons. The van der Waals surface area contributed by atoms with Crippen molar-refractivity contribution in [3.05, 3.63) is 29.3 Å². The maximum absolute atomic E-state index is 11.9. The van der Waals surface area contributed by atoms with Gasteiger partial charge in [-0.2, -0.15) is 0 Å². The SMILES string of the molecule is CC(C)CCC(C)NC(=O)CCCCc1nc2ccccc2s1. The molecule has 1 atom stereocenters. The lowest BCUT2D eigenvalue weighted by molar-refractivity contribution is -0.121. The molecule has 0 radical (unpaired) electrons. The molecule has 0 spiro atoms. The molecule has 1 N–H and O–H groups in total. The van der Waals surface area contributed by atoms with Gasteiger partial charge in [0.05, 0.1) is 15.2 Å². The second-order valence-corrected chi connectivity index (χ2v) is 7.84. The Morgan fingerprint density at radius 2 is 1.96 bits per heavy atom. The normalized spacial score (nSPS) is 12.7. The summed E-state index contributed by atoms with van der Waals surface area (Å²) >= 11 is 1.76. The molecule has 2 aromatic rings. The van der Waals surface area contributed by atoms with Crippen LogP contribution in [0.15, 0.2) is 24.3 Å². The zero-order valence-electron chi connectivity index (χ0n) is 14.5. The van der Waals surface area contributed by atoms with Gasteiger partial charge in [0.1, 0.15) is 0 Å². The highest BCUT2D eigenvalue weighted by molar-refractivity contribution is 7.18. The van der Waals surface area contributed by atoms with Crippen LogP contribution in [0.25, 0.3) is 10.2 Å². The highest BCUT2D eigenvalue weighted by Gasteiger charge is 2.08. The van der Waals surface area contributed by atoms with Crippen molar-refractivity contribution >= 4 is 27.5 Å². The third-order valence-corrected chi connectivity index (χ3v) is 5.06. The van der Waals surface area contributed by atoms with E-state index in [-0.39, 0.29) is 11.9 Å². The number of aromatic nitrogens is 1. The molecule has 0 saturated heterocycles. The van der Waals surface area contributed by atoms with Gasteiger partial charge in [-0.15, -0.1) is 11.3 Å². The number of para-hydroxylation sites is 1. The number of rotatable bonds is 9. The number of hydrogen-bond acceptors (Lipinski definition) is 3. The predicted molar refractivity (Wildman–Crippen MR) is 98.9 cm³/mol. The molecule has 0 aliphatic rings. The molecule has 0 bridgehead atoms. The lowest BCUT2D eigenvalue weighted by atomic mass is 10.0. The van der Waals surface area contributed by atoms with Crippen LogP contribution in [0.1, 0.15) is 57.9 Å². The first-order valence-electron chi connectivity index (χ1n) is 8.68. The molecular weight excluding hydrogens is 304 g/mol. The topological polar surface area (TPSA) is 42.0 Å². The van der Waals surface area contributed by atoms with Crippen molar-refractivity contribution < 1.29 is 4.79 Å². The van der Waals surface area contributed by atoms with Crippen LogP contribution in [0.3, 0.4) is 0 Å². The van der Waals surface area contributed by atoms with Gasteiger partial charge in [0, 0.05) is 12.5 Å². The summed E-state index contributed by atoms with van der Waals surface area (Å²) in [6, 6.07) is 8.53. The first kappa shape index (κ1) is 17.9. The summed E-state index contributed by atoms with van der Waals surface area (Å²) in [5, 5.41) is 4.28. The Morgan fingerprint density at radius 3 is 2.70 bits per heavy atom. The Balaban J connectivity index is 1.63. The fourth-order valence-corrected chi connectivity index (χ4v) is 3.60. The molecule has 2 rings (SSSR count). The molecule has 0 fully saturated rings. The average Bonchev–Trinajstić information content (AvgIpc) is 2.92. The number of unbranched alkanes of at least 4 members (excludes halogenated alkanes) is 1. The van der Waals surface area contributed by atoms with Crippen LogP contribution >= 0.6 is 11.3 Å². The van der Waals surface area contributed by atoms with Gasteiger partial charge >= 0.3 is 0 Å². The molecule has 1 aromatic heterocycles. The smallest absolute Gasteiger partial charge is 0.220 e. The fourth-order valence-electron chi connectivity index (χ4n) is 2.59. The molecular formula is C19H28N2OS. The van der Waals surface area contributed by atoms with E-state index in [4.69, 9.17) is 0 Å². The van der Waals surface area contributed by atoms with Crippen LogP contribution in [0.2, 0.25) is 0 Å². The predicted octanol–water partition coefficient (Wildman–Crippen LogP) is 4.95. The van der Waals surface area contributed by atoms with Gasteiger partial charge in [0.2, 0.25) is 5.91 Å². The number of aryl methyl sites for hydroxylation is 1. The third kappa shape index (κ3) is 6.30. The number of carbonyl (C=O) groups excluding carboxylic acids is 1. The summed E-state index contributed by atoms with van der Waals surface area (Å²) in [5.41, 5.74) is 1.09. The van der Waals surface area contributed by atoms with Crippen LogP contribution in [-0.2, 0) is 11.2 Å². The van der Waals surface area contributed by atoms with Crippen LogP contribution in [0.4, 0.5) is 0 Å². The summed E-state index contributed by atoms with van der Waals surface area (Å²) in [4.78, 5) is 16.6. The molecule has 1 unspecified atom stereocenters. The number of nitrogens with one attached hydrogen (secondary N) is 1. The fraction of sp³-hybridized carbons (Fsp3) is 0.579. The highest BCUT2D eigenvalue weighted by atomic mass is 32.1. The largest absolute Gasteiger partial charge is 0.354 e. The van der Waals surface area contributed by atoms with E-state index in [2.05, 4.69) is 49.3 Å². The van der Waals surface area contributed by atoms with Crippen LogP contribution < -0.4 is 5.32 Å². The summed E-state index contributed by atoms with van der Waals surface area (Å²) in [6.45, 7) is 6.54. The van der Waals surface area contributed by atoms with E-state index in [1.807, 2.05) is 6.07 Å². The summed E-state index contributed by atoms with van der Waals surface area (Å²) < 4.78 is 1.25. The molecule has 0 aliphatic heterocycles. The molecule has 1 aromatic carbocycles. The number of amides is 1. The molecule has 3 nitrogen and oxygen atoms in total. The Kier molecular flexibility index (Phi) is 7.03. The maximum atomic E-state index is 11.9. The zero-order valence-corrected chi connectivity index (χ0v) is 15.3. The zero-order chi connectivity index (χ0) is 16.7. The van der Waals surface area contributed by atoms with Gasteiger partial charge in [0.15, 0.2) is 0 Å². The first-order valence-corrected chi connectivity index (χ1v) is 9.50. The third-order valence-electron chi connectivity index (χ3n) is 3.97. The van der Waals surface area contributed by atoms with Gasteiger partial charge in [-0.1, -0.05) is 26.0 Å². The molecule has 1 amide bonds. The summed E-state index contributed by atoms with van der Waals surface area (Å²) in [5.74, 6) is 0.883. The van der Waals surface area contributed by atoms with Crippen LogP contribution in [0, 0.1) is 5.92 Å². The number of nitrogens with zero attached hydrogens (tertiary/aromatic N) is 1. The Labute approximate surface area is 143 Å². The lowest BCUT2D eigenvalue weighted by Crippen LogP contribution is -2.32. The second-order valence-electron chi connectivity index (χ2n) is 6.72. The molecule has 23 heavy (non-hydrogen) atoms. The van der Waals surface area contributed by atoms with Gasteiger partial charge < -0.3 is 5.32 Å². The van der Waals surface area contributed by atoms with Crippen molar-refractivity contribution in [1.29, 1.82) is 0 Å². The summed E-state index contributed by atoms with van der Waals surface area (Å²) in [7, 11) is 0. The molecule has 0 saturated carbocycles. The van der Waals surface area contributed by atoms with E-state index in [0.29, 0.717) is 12.3 Å². The van der Waals surface area contributed by atoms with Crippen LogP contribution in [-0.4, -0.2) is 16.9 Å². The average molecular weight is 333 g/mol. The standard InChI is InChI=1S/C19H28N2OS/c1-14(2)12-13-15(3)20-18(22)10-6-7-11-19-21-16-8-4-5-9-17(16)23-19/h4-5,8-9,14-15H,6-7,10-13H2,1-3H3,(H,20,22). The minimum atomic E-state index is 0.186. The van der Waals surface area contributed by atoms with Gasteiger partial charge in [-0.3, -0.25) is 4.79 Å². The number of benzene rings is 1. The number of thiazole rings is 1. The minimum absolute atomic E-state index is 0.186. The van der Waals surface area contributed by atoms with Gasteiger partial charge in [-0.25, -0.2) is 4.98 Å². The van der Waals surface area contributed by atoms with E-state index in [1.54, 1.807) is 11.3 Å². The van der Waals surface area contributed by atoms with E-state index in [1.165, 1.54) is 16.1 Å². The number of fused-ring (bicyclic) bond motifs is 1. The van der Waals surface area contributed by atoms with Crippen LogP contribution in [0.5, 0.6) is 0 Å². The van der Waals surface area contributed by atoms with Crippen molar-refractivity contribution in [1.82, 2.24) is 10.3 Å². The lowest BCUT2D eigenvalue weighted by Gasteiger charge is -2.14. The van der Waals surface area contributed by atoms with E-state index < -0.39 is 0 Å². The van der Waals surface area contributed by atoms with Crippen molar-refractivity contribution in [2.75, 3.05) is 0 Å². The van der Waals surface area contributed by atoms with E-state index >= 15 is 0 Å². The Hall–Kier alpha value is -1.42. The first-order chi connectivity index (χ1) is 11.0. The Morgan fingerprint density at radius 1 is 1.17 bits per heavy atom. The van der Waals surface area contributed by atoms with Crippen molar-refractivity contribution in [3.63, 3.8) is 0 Å². The van der Waals surface area contributed by atoms with Gasteiger partial charge in [0.25, 0.3) is 0 Å². The van der Waals surface area contributed by atoms with E-state index in [9.17, 15) is 4.79 Å². The number of hydrogen-bond donors (Lipinski definition) is 1. The number of carbonyl (C=O) groups is 1. The molecule has 0 aliphatic carbocycles. The highest BCUT2D eigenvalue weighted by Crippen LogP contribution is 2.22. The van der Waals surface area contributed by atoms with Crippen molar-refractivity contribution in [3.8, 4) is 0 Å². The monoisotopic (exact) mass is 332 g/mol. The van der Waals surface area contributed by atoms with Crippen molar-refractivity contribution in [2.24, 2.45) is 5.92 Å². The summed E-state index contributed by atoms with van der Waals surface area (Å²) in [6.07, 6.45) is 5.77. The van der Waals surface area contributed by atoms with Crippen molar-refractivity contribution in [2.45, 2.75) is 65.3 Å². The van der Waals surface area contributed by atoms with Gasteiger partial charge in [-0.05, 0) is 57.1 Å². The molecule has 1 heterocycles. The minimum Gasteiger partial charge on any atom is -0.354 e. The molecule has 4 heteroatoms. The Bertz CT molecular complexity index is 588.